The molecule has 0 aromatic heterocycles. The molecule has 4 nitrogen and oxygen atoms in total. The summed E-state index contributed by atoms with van der Waals surface area (Å²) < 4.78 is 0.847. The number of anilines is 1. The number of nitrogens with zero attached hydrogens (tertiary/aromatic N) is 2. The van der Waals surface area contributed by atoms with Gasteiger partial charge in [-0.2, -0.15) is 5.26 Å². The fraction of sp³-hybridized carbons (Fsp3) is 0.429. The third kappa shape index (κ3) is 3.71. The molecule has 1 fully saturated rings. The zero-order chi connectivity index (χ0) is 13.7. The van der Waals surface area contributed by atoms with Crippen molar-refractivity contribution in [3.63, 3.8) is 0 Å². The van der Waals surface area contributed by atoms with Crippen LogP contribution in [-0.4, -0.2) is 30.4 Å². The van der Waals surface area contributed by atoms with E-state index >= 15 is 0 Å². The molecule has 0 radical (unpaired) electrons. The van der Waals surface area contributed by atoms with Crippen molar-refractivity contribution in [2.75, 3.05) is 25.0 Å². The molecular formula is C14H16BrN3O. The highest BCUT2D eigenvalue weighted by molar-refractivity contribution is 9.10. The van der Waals surface area contributed by atoms with Gasteiger partial charge in [0, 0.05) is 36.2 Å². The van der Waals surface area contributed by atoms with E-state index in [0.29, 0.717) is 18.5 Å². The minimum absolute atomic E-state index is 0.217. The first-order chi connectivity index (χ1) is 9.20. The van der Waals surface area contributed by atoms with Crippen LogP contribution >= 0.6 is 15.9 Å². The summed E-state index contributed by atoms with van der Waals surface area (Å²) >= 11 is 3.41. The highest BCUT2D eigenvalue weighted by atomic mass is 79.9. The van der Waals surface area contributed by atoms with Crippen LogP contribution in [0.1, 0.15) is 24.8 Å². The summed E-state index contributed by atoms with van der Waals surface area (Å²) in [5.74, 6) is 0.217. The van der Waals surface area contributed by atoms with E-state index in [0.717, 1.165) is 36.1 Å². The highest BCUT2D eigenvalue weighted by Gasteiger charge is 2.17. The third-order valence-corrected chi connectivity index (χ3v) is 3.87. The van der Waals surface area contributed by atoms with E-state index in [1.165, 1.54) is 0 Å². The summed E-state index contributed by atoms with van der Waals surface area (Å²) in [5.41, 5.74) is 1.53. The van der Waals surface area contributed by atoms with Crippen LogP contribution in [0.25, 0.3) is 0 Å². The second-order valence-corrected chi connectivity index (χ2v) is 5.43. The van der Waals surface area contributed by atoms with Crippen molar-refractivity contribution in [3.05, 3.63) is 28.2 Å². The van der Waals surface area contributed by atoms with Gasteiger partial charge in [0.05, 0.1) is 11.6 Å². The first kappa shape index (κ1) is 13.9. The SMILES string of the molecule is N#Cc1ccc(NCCC(=O)N2CCCC2)c(Br)c1. The van der Waals surface area contributed by atoms with Gasteiger partial charge >= 0.3 is 0 Å². The van der Waals surface area contributed by atoms with E-state index in [2.05, 4.69) is 27.3 Å². The number of benzene rings is 1. The Kier molecular flexibility index (Phi) is 4.80. The summed E-state index contributed by atoms with van der Waals surface area (Å²) in [5, 5.41) is 12.0. The maximum atomic E-state index is 11.9. The molecule has 0 bridgehead atoms. The van der Waals surface area contributed by atoms with Gasteiger partial charge in [-0.25, -0.2) is 0 Å². The Morgan fingerprint density at radius 1 is 1.42 bits per heavy atom. The average molecular weight is 322 g/mol. The molecule has 1 aromatic carbocycles. The molecule has 1 aliphatic rings. The van der Waals surface area contributed by atoms with Crippen molar-refractivity contribution in [1.82, 2.24) is 4.90 Å². The monoisotopic (exact) mass is 321 g/mol. The fourth-order valence-electron chi connectivity index (χ4n) is 2.16. The number of hydrogen-bond acceptors (Lipinski definition) is 3. The molecule has 2 rings (SSSR count). The summed E-state index contributed by atoms with van der Waals surface area (Å²) in [6.45, 7) is 2.42. The van der Waals surface area contributed by atoms with Crippen molar-refractivity contribution in [2.24, 2.45) is 0 Å². The number of hydrogen-bond donors (Lipinski definition) is 1. The van der Waals surface area contributed by atoms with E-state index in [1.54, 1.807) is 12.1 Å². The number of nitrogens with one attached hydrogen (secondary N) is 1. The number of nitriles is 1. The van der Waals surface area contributed by atoms with E-state index in [-0.39, 0.29) is 5.91 Å². The Hall–Kier alpha value is -1.54. The van der Waals surface area contributed by atoms with E-state index < -0.39 is 0 Å². The van der Waals surface area contributed by atoms with Crippen LogP contribution < -0.4 is 5.32 Å². The second kappa shape index (κ2) is 6.58. The Morgan fingerprint density at radius 2 is 2.16 bits per heavy atom. The molecule has 5 heteroatoms. The minimum Gasteiger partial charge on any atom is -0.384 e. The quantitative estimate of drug-likeness (QED) is 0.927. The molecular weight excluding hydrogens is 306 g/mol. The molecule has 0 unspecified atom stereocenters. The van der Waals surface area contributed by atoms with Gasteiger partial charge in [-0.15, -0.1) is 0 Å². The lowest BCUT2D eigenvalue weighted by molar-refractivity contribution is -0.129. The maximum absolute atomic E-state index is 11.9. The summed E-state index contributed by atoms with van der Waals surface area (Å²) in [4.78, 5) is 13.8. The number of likely N-dealkylation sites (tertiary alicyclic amines) is 1. The smallest absolute Gasteiger partial charge is 0.224 e. The van der Waals surface area contributed by atoms with E-state index in [9.17, 15) is 4.79 Å². The van der Waals surface area contributed by atoms with Gasteiger partial charge < -0.3 is 10.2 Å². The molecule has 1 heterocycles. The molecule has 0 spiro atoms. The van der Waals surface area contributed by atoms with Crippen LogP contribution in [0.2, 0.25) is 0 Å². The van der Waals surface area contributed by atoms with Crippen molar-refractivity contribution in [3.8, 4) is 6.07 Å². The Bertz CT molecular complexity index is 504. The highest BCUT2D eigenvalue weighted by Crippen LogP contribution is 2.23. The van der Waals surface area contributed by atoms with Gasteiger partial charge in [-0.3, -0.25) is 4.79 Å². The van der Waals surface area contributed by atoms with Gasteiger partial charge in [0.1, 0.15) is 0 Å². The predicted octanol–water partition coefficient (Wildman–Crippen LogP) is 2.75. The molecule has 100 valence electrons. The van der Waals surface area contributed by atoms with Crippen LogP contribution in [0.5, 0.6) is 0 Å². The predicted molar refractivity (Wildman–Crippen MR) is 77.8 cm³/mol. The van der Waals surface area contributed by atoms with E-state index in [4.69, 9.17) is 5.26 Å². The first-order valence-electron chi connectivity index (χ1n) is 6.42. The largest absolute Gasteiger partial charge is 0.384 e. The minimum atomic E-state index is 0.217. The standard InChI is InChI=1S/C14H16BrN3O/c15-12-9-11(10-16)3-4-13(12)17-6-5-14(19)18-7-1-2-8-18/h3-4,9,17H,1-2,5-8H2. The fourth-order valence-corrected chi connectivity index (χ4v) is 2.68. The normalized spacial score (nSPS) is 14.2. The van der Waals surface area contributed by atoms with Crippen LogP contribution in [0.3, 0.4) is 0 Å². The molecule has 19 heavy (non-hydrogen) atoms. The average Bonchev–Trinajstić information content (AvgIpc) is 2.94. The van der Waals surface area contributed by atoms with Gasteiger partial charge in [0.2, 0.25) is 5.91 Å². The zero-order valence-corrected chi connectivity index (χ0v) is 12.2. The molecule has 1 saturated heterocycles. The summed E-state index contributed by atoms with van der Waals surface area (Å²) in [6, 6.07) is 7.47. The topological polar surface area (TPSA) is 56.1 Å². The molecule has 1 aliphatic heterocycles. The van der Waals surface area contributed by atoms with Crippen molar-refractivity contribution < 1.29 is 4.79 Å². The number of carbonyl (C=O) groups excluding carboxylic acids is 1. The van der Waals surface area contributed by atoms with Gasteiger partial charge in [0.15, 0.2) is 0 Å². The van der Waals surface area contributed by atoms with Gasteiger partial charge in [-0.05, 0) is 47.0 Å². The van der Waals surface area contributed by atoms with Crippen LogP contribution in [-0.2, 0) is 4.79 Å². The number of halogens is 1. The Labute approximate surface area is 121 Å². The lowest BCUT2D eigenvalue weighted by atomic mass is 10.2. The van der Waals surface area contributed by atoms with E-state index in [1.807, 2.05) is 11.0 Å². The lowest BCUT2D eigenvalue weighted by Crippen LogP contribution is -2.29. The number of rotatable bonds is 4. The summed E-state index contributed by atoms with van der Waals surface area (Å²) in [6.07, 6.45) is 2.76. The van der Waals surface area contributed by atoms with Crippen LogP contribution in [0, 0.1) is 11.3 Å². The Balaban J connectivity index is 1.82. The maximum Gasteiger partial charge on any atom is 0.224 e. The third-order valence-electron chi connectivity index (χ3n) is 3.21. The second-order valence-electron chi connectivity index (χ2n) is 4.57. The van der Waals surface area contributed by atoms with Crippen molar-refractivity contribution >= 4 is 27.5 Å². The van der Waals surface area contributed by atoms with Gasteiger partial charge in [-0.1, -0.05) is 0 Å². The molecule has 0 saturated carbocycles. The van der Waals surface area contributed by atoms with Crippen molar-refractivity contribution in [1.29, 1.82) is 5.26 Å². The van der Waals surface area contributed by atoms with Gasteiger partial charge in [0.25, 0.3) is 0 Å². The van der Waals surface area contributed by atoms with Crippen molar-refractivity contribution in [2.45, 2.75) is 19.3 Å². The molecule has 0 aliphatic carbocycles. The molecule has 0 atom stereocenters. The number of amides is 1. The first-order valence-corrected chi connectivity index (χ1v) is 7.21. The molecule has 1 aromatic rings. The Morgan fingerprint density at radius 3 is 2.79 bits per heavy atom. The summed E-state index contributed by atoms with van der Waals surface area (Å²) in [7, 11) is 0. The lowest BCUT2D eigenvalue weighted by Gasteiger charge is -2.15. The van der Waals surface area contributed by atoms with Crippen LogP contribution in [0.4, 0.5) is 5.69 Å². The molecule has 1 amide bonds. The van der Waals surface area contributed by atoms with Crippen LogP contribution in [0.15, 0.2) is 22.7 Å². The molecule has 1 N–H and O–H groups in total. The zero-order valence-electron chi connectivity index (χ0n) is 10.7. The number of carbonyl (C=O) groups is 1.